The van der Waals surface area contributed by atoms with Crippen LogP contribution in [0.15, 0.2) is 46.1 Å². The van der Waals surface area contributed by atoms with E-state index in [1.54, 1.807) is 19.5 Å². The van der Waals surface area contributed by atoms with Crippen LogP contribution in [-0.4, -0.2) is 37.7 Å². The minimum atomic E-state index is 0.502. The van der Waals surface area contributed by atoms with Crippen LogP contribution in [0.25, 0.3) is 0 Å². The van der Waals surface area contributed by atoms with Gasteiger partial charge in [0.2, 0.25) is 5.88 Å². The summed E-state index contributed by atoms with van der Waals surface area (Å²) in [5.41, 5.74) is 1.01. The van der Waals surface area contributed by atoms with Crippen molar-refractivity contribution in [2.75, 3.05) is 26.8 Å². The average molecular weight is 374 g/mol. The number of furan rings is 1. The van der Waals surface area contributed by atoms with Gasteiger partial charge >= 0.3 is 0 Å². The Morgan fingerprint density at radius 3 is 2.89 bits per heavy atom. The SMILES string of the molecule is CCCCOc1ncccc1CNC(=NC)NCCCOCc1ccco1. The number of ether oxygens (including phenoxy) is 2. The van der Waals surface area contributed by atoms with E-state index in [0.29, 0.717) is 32.2 Å². The topological polar surface area (TPSA) is 80.9 Å². The van der Waals surface area contributed by atoms with Crippen LogP contribution in [0.5, 0.6) is 5.88 Å². The molecule has 2 rings (SSSR count). The number of aromatic nitrogens is 1. The maximum absolute atomic E-state index is 5.76. The number of nitrogens with one attached hydrogen (secondary N) is 2. The first-order chi connectivity index (χ1) is 13.3. The number of pyridine rings is 1. The molecule has 2 N–H and O–H groups in total. The summed E-state index contributed by atoms with van der Waals surface area (Å²) in [6, 6.07) is 7.69. The third-order valence-electron chi connectivity index (χ3n) is 3.84. The first-order valence-electron chi connectivity index (χ1n) is 9.44. The molecule has 0 amide bonds. The highest BCUT2D eigenvalue weighted by Gasteiger charge is 2.06. The number of hydrogen-bond acceptors (Lipinski definition) is 5. The molecule has 7 nitrogen and oxygen atoms in total. The van der Waals surface area contributed by atoms with E-state index in [1.807, 2.05) is 24.3 Å². The summed E-state index contributed by atoms with van der Waals surface area (Å²) >= 11 is 0. The molecule has 0 spiro atoms. The van der Waals surface area contributed by atoms with Crippen LogP contribution in [-0.2, 0) is 17.9 Å². The van der Waals surface area contributed by atoms with Crippen molar-refractivity contribution < 1.29 is 13.9 Å². The van der Waals surface area contributed by atoms with E-state index < -0.39 is 0 Å². The lowest BCUT2D eigenvalue weighted by Crippen LogP contribution is -2.37. The van der Waals surface area contributed by atoms with Gasteiger partial charge in [-0.25, -0.2) is 4.98 Å². The molecule has 0 aromatic carbocycles. The first-order valence-corrected chi connectivity index (χ1v) is 9.44. The van der Waals surface area contributed by atoms with Crippen LogP contribution in [0, 0.1) is 0 Å². The Kier molecular flexibility index (Phi) is 9.81. The zero-order valence-corrected chi connectivity index (χ0v) is 16.2. The lowest BCUT2D eigenvalue weighted by molar-refractivity contribution is 0.105. The molecule has 2 aromatic heterocycles. The quantitative estimate of drug-likeness (QED) is 0.337. The molecule has 0 aliphatic carbocycles. The molecule has 2 heterocycles. The van der Waals surface area contributed by atoms with Crippen molar-refractivity contribution in [2.24, 2.45) is 4.99 Å². The number of unbranched alkanes of at least 4 members (excludes halogenated alkanes) is 1. The van der Waals surface area contributed by atoms with Gasteiger partial charge in [0, 0.05) is 38.5 Å². The van der Waals surface area contributed by atoms with Crippen molar-refractivity contribution in [3.63, 3.8) is 0 Å². The van der Waals surface area contributed by atoms with E-state index in [4.69, 9.17) is 13.9 Å². The van der Waals surface area contributed by atoms with Gasteiger partial charge < -0.3 is 24.5 Å². The zero-order chi connectivity index (χ0) is 19.2. The van der Waals surface area contributed by atoms with Crippen molar-refractivity contribution in [3.8, 4) is 5.88 Å². The second-order valence-corrected chi connectivity index (χ2v) is 6.01. The molecule has 2 aromatic rings. The molecule has 0 aliphatic heterocycles. The second-order valence-electron chi connectivity index (χ2n) is 6.01. The highest BCUT2D eigenvalue weighted by Crippen LogP contribution is 2.14. The van der Waals surface area contributed by atoms with E-state index in [1.165, 1.54) is 0 Å². The number of aliphatic imine (C=N–C) groups is 1. The zero-order valence-electron chi connectivity index (χ0n) is 16.2. The van der Waals surface area contributed by atoms with Crippen LogP contribution < -0.4 is 15.4 Å². The minimum absolute atomic E-state index is 0.502. The van der Waals surface area contributed by atoms with Crippen LogP contribution in [0.1, 0.15) is 37.5 Å². The smallest absolute Gasteiger partial charge is 0.218 e. The van der Waals surface area contributed by atoms with Crippen LogP contribution in [0.3, 0.4) is 0 Å². The van der Waals surface area contributed by atoms with E-state index in [-0.39, 0.29) is 0 Å². The van der Waals surface area contributed by atoms with Gasteiger partial charge in [0.25, 0.3) is 0 Å². The Bertz CT molecular complexity index is 659. The molecule has 0 unspecified atom stereocenters. The highest BCUT2D eigenvalue weighted by atomic mass is 16.5. The molecule has 0 radical (unpaired) electrons. The van der Waals surface area contributed by atoms with Gasteiger partial charge in [-0.3, -0.25) is 4.99 Å². The van der Waals surface area contributed by atoms with E-state index >= 15 is 0 Å². The molecule has 0 saturated heterocycles. The van der Waals surface area contributed by atoms with Crippen molar-refractivity contribution in [2.45, 2.75) is 39.3 Å². The maximum atomic E-state index is 5.76. The van der Waals surface area contributed by atoms with E-state index in [0.717, 1.165) is 43.1 Å². The minimum Gasteiger partial charge on any atom is -0.477 e. The standard InChI is InChI=1S/C20H30N4O3/c1-3-4-13-27-19-17(8-5-10-22-19)15-24-20(21-2)23-11-7-12-25-16-18-9-6-14-26-18/h5-6,8-10,14H,3-4,7,11-13,15-16H2,1-2H3,(H2,21,23,24). The van der Waals surface area contributed by atoms with Crippen LogP contribution >= 0.6 is 0 Å². The molecule has 0 atom stereocenters. The molecule has 7 heteroatoms. The maximum Gasteiger partial charge on any atom is 0.218 e. The predicted molar refractivity (Wildman–Crippen MR) is 106 cm³/mol. The summed E-state index contributed by atoms with van der Waals surface area (Å²) in [7, 11) is 1.75. The number of nitrogens with zero attached hydrogens (tertiary/aromatic N) is 2. The predicted octanol–water partition coefficient (Wildman–Crippen LogP) is 3.13. The van der Waals surface area contributed by atoms with E-state index in [9.17, 15) is 0 Å². The third kappa shape index (κ3) is 8.13. The Balaban J connectivity index is 1.65. The number of guanidine groups is 1. The number of rotatable bonds is 12. The normalized spacial score (nSPS) is 11.4. The fraction of sp³-hybridized carbons (Fsp3) is 0.500. The van der Waals surface area contributed by atoms with Crippen molar-refractivity contribution in [1.82, 2.24) is 15.6 Å². The highest BCUT2D eigenvalue weighted by molar-refractivity contribution is 5.79. The third-order valence-corrected chi connectivity index (χ3v) is 3.84. The summed E-state index contributed by atoms with van der Waals surface area (Å²) in [5, 5.41) is 6.57. The largest absolute Gasteiger partial charge is 0.477 e. The lowest BCUT2D eigenvalue weighted by Gasteiger charge is -2.14. The molecule has 148 valence electrons. The Labute approximate surface area is 161 Å². The first kappa shape index (κ1) is 20.8. The molecule has 0 aliphatic rings. The molecule has 0 saturated carbocycles. The fourth-order valence-corrected chi connectivity index (χ4v) is 2.35. The molecule has 27 heavy (non-hydrogen) atoms. The van der Waals surface area contributed by atoms with Gasteiger partial charge in [-0.15, -0.1) is 0 Å². The van der Waals surface area contributed by atoms with Crippen molar-refractivity contribution >= 4 is 5.96 Å². The molecular weight excluding hydrogens is 344 g/mol. The van der Waals surface area contributed by atoms with Gasteiger partial charge in [0.1, 0.15) is 12.4 Å². The summed E-state index contributed by atoms with van der Waals surface area (Å²) < 4.78 is 16.6. The Hall–Kier alpha value is -2.54. The van der Waals surface area contributed by atoms with Gasteiger partial charge in [0.05, 0.1) is 12.9 Å². The molecule has 0 fully saturated rings. The fourth-order valence-electron chi connectivity index (χ4n) is 2.35. The van der Waals surface area contributed by atoms with Crippen molar-refractivity contribution in [1.29, 1.82) is 0 Å². The molecule has 0 bridgehead atoms. The Morgan fingerprint density at radius 1 is 1.19 bits per heavy atom. The van der Waals surface area contributed by atoms with Gasteiger partial charge in [-0.2, -0.15) is 0 Å². The Morgan fingerprint density at radius 2 is 2.11 bits per heavy atom. The van der Waals surface area contributed by atoms with Crippen LogP contribution in [0.2, 0.25) is 0 Å². The monoisotopic (exact) mass is 374 g/mol. The van der Waals surface area contributed by atoms with Crippen molar-refractivity contribution in [3.05, 3.63) is 48.0 Å². The summed E-state index contributed by atoms with van der Waals surface area (Å²) in [4.78, 5) is 8.57. The number of hydrogen-bond donors (Lipinski definition) is 2. The second kappa shape index (κ2) is 12.8. The van der Waals surface area contributed by atoms with Gasteiger partial charge in [-0.1, -0.05) is 19.4 Å². The average Bonchev–Trinajstić information content (AvgIpc) is 3.21. The van der Waals surface area contributed by atoms with Gasteiger partial charge in [-0.05, 0) is 31.0 Å². The van der Waals surface area contributed by atoms with Gasteiger partial charge in [0.15, 0.2) is 5.96 Å². The summed E-state index contributed by atoms with van der Waals surface area (Å²) in [6.45, 7) is 5.35. The van der Waals surface area contributed by atoms with Crippen LogP contribution in [0.4, 0.5) is 0 Å². The summed E-state index contributed by atoms with van der Waals surface area (Å²) in [6.07, 6.45) is 6.40. The lowest BCUT2D eigenvalue weighted by atomic mass is 10.2. The molecular formula is C20H30N4O3. The van der Waals surface area contributed by atoms with E-state index in [2.05, 4.69) is 27.5 Å². The summed E-state index contributed by atoms with van der Waals surface area (Å²) in [5.74, 6) is 2.26.